The molecule has 0 bridgehead atoms. The van der Waals surface area contributed by atoms with Crippen LogP contribution in [0.1, 0.15) is 0 Å². The second-order valence-electron chi connectivity index (χ2n) is 0. The van der Waals surface area contributed by atoms with E-state index in [-0.39, 0.29) is 74.2 Å². The molecule has 0 spiro atoms. The van der Waals surface area contributed by atoms with Gasteiger partial charge in [-0.3, -0.25) is 0 Å². The van der Waals surface area contributed by atoms with E-state index in [1.807, 2.05) is 0 Å². The Bertz CT molecular complexity index is 8.00. The Balaban J connectivity index is 0. The maximum Gasteiger partial charge on any atom is 0.316 e. The van der Waals surface area contributed by atoms with Gasteiger partial charge in [-0.25, -0.2) is 0 Å². The van der Waals surface area contributed by atoms with Crippen LogP contribution >= 0.6 is 12.4 Å². The van der Waals surface area contributed by atoms with Gasteiger partial charge in [0.25, 0.3) is 0 Å². The van der Waals surface area contributed by atoms with Crippen molar-refractivity contribution in [2.24, 2.45) is 0 Å². The van der Waals surface area contributed by atoms with E-state index in [0.29, 0.717) is 0 Å². The van der Waals surface area contributed by atoms with E-state index in [1.165, 1.54) is 0 Å². The molecule has 0 unspecified atom stereocenters. The van der Waals surface area contributed by atoms with Crippen LogP contribution in [0.2, 0.25) is 0 Å². The van der Waals surface area contributed by atoms with Crippen molar-refractivity contribution in [3.8, 4) is 0 Å². The average Bonchev–Trinajstić information content (AvgIpc) is 0. The molecule has 4 heavy (non-hydrogen) atoms. The molecule has 0 radical (unpaired) electrons. The van der Waals surface area contributed by atoms with Crippen LogP contribution in [0.15, 0.2) is 0 Å². The zero-order valence-electron chi connectivity index (χ0n) is 1.26. The summed E-state index contributed by atoms with van der Waals surface area (Å²) in [5.74, 6) is 0. The molecule has 0 heterocycles. The summed E-state index contributed by atoms with van der Waals surface area (Å²) in [5, 5.41) is 0. The summed E-state index contributed by atoms with van der Waals surface area (Å²) in [5.41, 5.74) is 0. The molecule has 4 heteroatoms. The predicted octanol–water partition coefficient (Wildman–Crippen LogP) is -0.499. The van der Waals surface area contributed by atoms with Crippen LogP contribution in [0.4, 0.5) is 0 Å². The maximum atomic E-state index is 0. The van der Waals surface area contributed by atoms with Crippen molar-refractivity contribution < 1.29 is 38.8 Å². The summed E-state index contributed by atoms with van der Waals surface area (Å²) in [6.45, 7) is 0. The van der Waals surface area contributed by atoms with Crippen LogP contribution in [-0.2, 0) is 38.8 Å². The third kappa shape index (κ3) is 8.85. The molecule has 0 amide bonds. The van der Waals surface area contributed by atoms with E-state index < -0.39 is 0 Å². The average molecular weight is 166 g/mol. The smallest absolute Gasteiger partial charge is 0.147 e. The fraction of sp³-hybridized carbons (Fsp3) is 0. The molecular formula is H3ClFeMgTi. The minimum absolute atomic E-state index is 0. The Morgan fingerprint density at radius 3 is 1.00 bits per heavy atom. The Labute approximate surface area is 73.4 Å². The van der Waals surface area contributed by atoms with E-state index >= 15 is 0 Å². The largest absolute Gasteiger partial charge is 0.316 e. The van der Waals surface area contributed by atoms with Crippen molar-refractivity contribution >= 4 is 35.5 Å². The predicted molar refractivity (Wildman–Crippen MR) is 15.8 cm³/mol. The van der Waals surface area contributed by atoms with Gasteiger partial charge in [0, 0.05) is 38.8 Å². The van der Waals surface area contributed by atoms with Crippen molar-refractivity contribution in [1.29, 1.82) is 0 Å². The molecule has 0 nitrogen and oxygen atoms in total. The summed E-state index contributed by atoms with van der Waals surface area (Å²) < 4.78 is 0. The van der Waals surface area contributed by atoms with Crippen LogP contribution < -0.4 is 0 Å². The van der Waals surface area contributed by atoms with Crippen molar-refractivity contribution in [3.63, 3.8) is 0 Å². The first-order valence-electron chi connectivity index (χ1n) is 0. The second kappa shape index (κ2) is 18.6. The Morgan fingerprint density at radius 2 is 1.00 bits per heavy atom. The van der Waals surface area contributed by atoms with Gasteiger partial charge in [0.2, 0.25) is 0 Å². The first-order valence-corrected chi connectivity index (χ1v) is 0. The van der Waals surface area contributed by atoms with Gasteiger partial charge >= 0.3 is 23.1 Å². The quantitative estimate of drug-likeness (QED) is 0.426. The molecule has 0 saturated heterocycles. The van der Waals surface area contributed by atoms with Gasteiger partial charge in [-0.15, -0.1) is 12.4 Å². The van der Waals surface area contributed by atoms with E-state index in [2.05, 4.69) is 0 Å². The topological polar surface area (TPSA) is 0 Å². The third-order valence-electron chi connectivity index (χ3n) is 0. The first-order chi connectivity index (χ1) is 0. The molecule has 0 rings (SSSR count). The number of halogens is 1. The summed E-state index contributed by atoms with van der Waals surface area (Å²) in [6.07, 6.45) is 0. The SMILES string of the molecule is Cl.[Fe].[MgH2].[Ti]. The van der Waals surface area contributed by atoms with Gasteiger partial charge in [0.15, 0.2) is 0 Å². The van der Waals surface area contributed by atoms with Crippen LogP contribution in [0.3, 0.4) is 0 Å². The van der Waals surface area contributed by atoms with E-state index in [9.17, 15) is 0 Å². The minimum Gasteiger partial charge on any atom is -0.147 e. The third-order valence-corrected chi connectivity index (χ3v) is 0. The molecule has 24 valence electrons. The number of rotatable bonds is 0. The molecule has 0 aromatic rings. The molecule has 0 atom stereocenters. The van der Waals surface area contributed by atoms with Gasteiger partial charge in [-0.05, 0) is 0 Å². The molecule has 0 saturated carbocycles. The Morgan fingerprint density at radius 1 is 1.00 bits per heavy atom. The Kier molecular flexibility index (Phi) is 156. The minimum atomic E-state index is 0. The van der Waals surface area contributed by atoms with Crippen molar-refractivity contribution in [2.75, 3.05) is 0 Å². The van der Waals surface area contributed by atoms with Gasteiger partial charge in [0.05, 0.1) is 0 Å². The molecule has 0 N–H and O–H groups in total. The summed E-state index contributed by atoms with van der Waals surface area (Å²) in [4.78, 5) is 0. The number of hydrogen-bond acceptors (Lipinski definition) is 0. The fourth-order valence-corrected chi connectivity index (χ4v) is 0. The van der Waals surface area contributed by atoms with Crippen molar-refractivity contribution in [1.82, 2.24) is 0 Å². The number of hydrogen-bond donors (Lipinski definition) is 0. The van der Waals surface area contributed by atoms with Gasteiger partial charge < -0.3 is 0 Å². The molecule has 0 aliphatic rings. The molecule has 0 aromatic carbocycles. The molecule has 0 aromatic heterocycles. The van der Waals surface area contributed by atoms with Crippen LogP contribution in [0, 0.1) is 0 Å². The van der Waals surface area contributed by atoms with E-state index in [1.54, 1.807) is 0 Å². The summed E-state index contributed by atoms with van der Waals surface area (Å²) in [7, 11) is 0. The van der Waals surface area contributed by atoms with Crippen LogP contribution in [-0.4, -0.2) is 23.1 Å². The molecule has 0 aliphatic heterocycles. The maximum absolute atomic E-state index is 0. The fourth-order valence-electron chi connectivity index (χ4n) is 0. The van der Waals surface area contributed by atoms with Crippen molar-refractivity contribution in [2.45, 2.75) is 0 Å². The summed E-state index contributed by atoms with van der Waals surface area (Å²) >= 11 is 0. The van der Waals surface area contributed by atoms with Crippen molar-refractivity contribution in [3.05, 3.63) is 0 Å². The molecular weight excluding hydrogens is 163 g/mol. The van der Waals surface area contributed by atoms with Gasteiger partial charge in [-0.1, -0.05) is 0 Å². The second-order valence-corrected chi connectivity index (χ2v) is 0. The van der Waals surface area contributed by atoms with Crippen LogP contribution in [0.5, 0.6) is 0 Å². The zero-order valence-corrected chi connectivity index (χ0v) is 4.74. The zero-order chi connectivity index (χ0) is 0. The van der Waals surface area contributed by atoms with Gasteiger partial charge in [-0.2, -0.15) is 0 Å². The Hall–Kier alpha value is 2.29. The summed E-state index contributed by atoms with van der Waals surface area (Å²) in [6, 6.07) is 0. The molecule has 0 aliphatic carbocycles. The molecule has 0 fully saturated rings. The standard InChI is InChI=1S/ClH.Fe.Mg.Ti.2H/h1H;;;;;. The normalized spacial score (nSPS) is 0. The van der Waals surface area contributed by atoms with Gasteiger partial charge in [0.1, 0.15) is 0 Å². The van der Waals surface area contributed by atoms with E-state index in [0.717, 1.165) is 0 Å². The van der Waals surface area contributed by atoms with Crippen LogP contribution in [0.25, 0.3) is 0 Å². The monoisotopic (exact) mass is 166 g/mol. The van der Waals surface area contributed by atoms with E-state index in [4.69, 9.17) is 0 Å². The first kappa shape index (κ1) is 33.6.